The van der Waals surface area contributed by atoms with Crippen molar-refractivity contribution in [1.82, 2.24) is 4.98 Å². The van der Waals surface area contributed by atoms with Crippen molar-refractivity contribution < 1.29 is 0 Å². The van der Waals surface area contributed by atoms with Gasteiger partial charge in [-0.2, -0.15) is 0 Å². The molecule has 0 aliphatic carbocycles. The minimum atomic E-state index is 0.772. The summed E-state index contributed by atoms with van der Waals surface area (Å²) in [4.78, 5) is 4.38. The van der Waals surface area contributed by atoms with Crippen LogP contribution in [0.5, 0.6) is 0 Å². The number of aromatic nitrogens is 1. The van der Waals surface area contributed by atoms with E-state index < -0.39 is 0 Å². The van der Waals surface area contributed by atoms with Gasteiger partial charge >= 0.3 is 0 Å². The third-order valence-corrected chi connectivity index (χ3v) is 3.17. The lowest BCUT2D eigenvalue weighted by molar-refractivity contribution is 1.17. The summed E-state index contributed by atoms with van der Waals surface area (Å²) >= 11 is 3.50. The summed E-state index contributed by atoms with van der Waals surface area (Å²) in [6.07, 6.45) is 1.79. The smallest absolute Gasteiger partial charge is 0.134 e. The van der Waals surface area contributed by atoms with Crippen LogP contribution >= 0.6 is 15.9 Å². The van der Waals surface area contributed by atoms with Crippen LogP contribution in [0.4, 0.5) is 11.5 Å². The highest BCUT2D eigenvalue weighted by Gasteiger charge is 2.10. The van der Waals surface area contributed by atoms with E-state index in [-0.39, 0.29) is 0 Å². The number of benzene rings is 1. The van der Waals surface area contributed by atoms with Gasteiger partial charge in [0.1, 0.15) is 5.82 Å². The highest BCUT2D eigenvalue weighted by molar-refractivity contribution is 9.10. The average Bonchev–Trinajstić information content (AvgIpc) is 2.26. The Labute approximate surface area is 103 Å². The van der Waals surface area contributed by atoms with Crippen molar-refractivity contribution in [3.63, 3.8) is 0 Å². The predicted molar refractivity (Wildman–Crippen MR) is 72.8 cm³/mol. The Morgan fingerprint density at radius 2 is 2.12 bits per heavy atom. The number of rotatable bonds is 2. The van der Waals surface area contributed by atoms with Crippen molar-refractivity contribution in [3.8, 4) is 0 Å². The SMILES string of the molecule is CCNc1ncc(Br)c2c(N)ccc(C)c12. The van der Waals surface area contributed by atoms with Gasteiger partial charge in [0.15, 0.2) is 0 Å². The van der Waals surface area contributed by atoms with Gasteiger partial charge in [-0.3, -0.25) is 0 Å². The molecule has 0 saturated carbocycles. The number of halogens is 1. The first-order chi connectivity index (χ1) is 7.65. The zero-order valence-corrected chi connectivity index (χ0v) is 10.9. The molecule has 84 valence electrons. The van der Waals surface area contributed by atoms with Gasteiger partial charge < -0.3 is 11.1 Å². The molecule has 3 N–H and O–H groups in total. The maximum absolute atomic E-state index is 6.01. The van der Waals surface area contributed by atoms with Crippen molar-refractivity contribution in [2.45, 2.75) is 13.8 Å². The van der Waals surface area contributed by atoms with Gasteiger partial charge in [0.2, 0.25) is 0 Å². The number of hydrogen-bond acceptors (Lipinski definition) is 3. The fourth-order valence-corrected chi connectivity index (χ4v) is 2.37. The van der Waals surface area contributed by atoms with Gasteiger partial charge in [-0.15, -0.1) is 0 Å². The average molecular weight is 280 g/mol. The molecule has 0 amide bonds. The summed E-state index contributed by atoms with van der Waals surface area (Å²) in [6.45, 7) is 4.96. The van der Waals surface area contributed by atoms with E-state index in [2.05, 4.69) is 40.1 Å². The molecule has 0 spiro atoms. The van der Waals surface area contributed by atoms with E-state index in [1.807, 2.05) is 12.1 Å². The maximum Gasteiger partial charge on any atom is 0.134 e. The Hall–Kier alpha value is -1.29. The summed E-state index contributed by atoms with van der Waals surface area (Å²) in [6, 6.07) is 3.95. The van der Waals surface area contributed by atoms with E-state index in [0.717, 1.165) is 33.3 Å². The molecule has 0 radical (unpaired) electrons. The monoisotopic (exact) mass is 279 g/mol. The first-order valence-corrected chi connectivity index (χ1v) is 6.01. The number of anilines is 2. The Bertz CT molecular complexity index is 529. The van der Waals surface area contributed by atoms with Gasteiger partial charge in [-0.1, -0.05) is 6.07 Å². The molecule has 3 nitrogen and oxygen atoms in total. The molecule has 16 heavy (non-hydrogen) atoms. The van der Waals surface area contributed by atoms with Crippen molar-refractivity contribution in [3.05, 3.63) is 28.4 Å². The largest absolute Gasteiger partial charge is 0.398 e. The van der Waals surface area contributed by atoms with Crippen LogP contribution in [0, 0.1) is 6.92 Å². The van der Waals surface area contributed by atoms with E-state index in [9.17, 15) is 0 Å². The molecule has 4 heteroatoms. The number of fused-ring (bicyclic) bond motifs is 1. The molecule has 2 aromatic rings. The Kier molecular flexibility index (Phi) is 3.01. The highest BCUT2D eigenvalue weighted by atomic mass is 79.9. The molecule has 0 saturated heterocycles. The second-order valence-electron chi connectivity index (χ2n) is 3.71. The Morgan fingerprint density at radius 3 is 2.81 bits per heavy atom. The van der Waals surface area contributed by atoms with Crippen LogP contribution < -0.4 is 11.1 Å². The Balaban J connectivity index is 2.86. The molecule has 0 aliphatic heterocycles. The second-order valence-corrected chi connectivity index (χ2v) is 4.56. The van der Waals surface area contributed by atoms with Gasteiger partial charge in [0.05, 0.1) is 0 Å². The molecule has 1 aromatic carbocycles. The fourth-order valence-electron chi connectivity index (χ4n) is 1.84. The lowest BCUT2D eigenvalue weighted by Gasteiger charge is -2.12. The quantitative estimate of drug-likeness (QED) is 0.830. The van der Waals surface area contributed by atoms with Gasteiger partial charge in [-0.25, -0.2) is 4.98 Å². The lowest BCUT2D eigenvalue weighted by Crippen LogP contribution is -2.02. The van der Waals surface area contributed by atoms with Crippen molar-refractivity contribution in [2.24, 2.45) is 0 Å². The van der Waals surface area contributed by atoms with Crippen LogP contribution in [0.1, 0.15) is 12.5 Å². The van der Waals surface area contributed by atoms with Crippen molar-refractivity contribution in [2.75, 3.05) is 17.6 Å². The first kappa shape index (κ1) is 11.2. The topological polar surface area (TPSA) is 50.9 Å². The van der Waals surface area contributed by atoms with Gasteiger partial charge in [0.25, 0.3) is 0 Å². The summed E-state index contributed by atoms with van der Waals surface area (Å²) in [5.41, 5.74) is 7.95. The van der Waals surface area contributed by atoms with E-state index in [4.69, 9.17) is 5.73 Å². The lowest BCUT2D eigenvalue weighted by atomic mass is 10.1. The molecule has 0 fully saturated rings. The minimum absolute atomic E-state index is 0.772. The van der Waals surface area contributed by atoms with Crippen molar-refractivity contribution >= 4 is 38.2 Å². The van der Waals surface area contributed by atoms with Crippen LogP contribution in [0.2, 0.25) is 0 Å². The van der Waals surface area contributed by atoms with Crippen LogP contribution in [0.3, 0.4) is 0 Å². The number of hydrogen-bond donors (Lipinski definition) is 2. The predicted octanol–water partition coefficient (Wildman–Crippen LogP) is 3.32. The van der Waals surface area contributed by atoms with Crippen LogP contribution in [0.15, 0.2) is 22.8 Å². The third kappa shape index (κ3) is 1.73. The molecular formula is C12H14BrN3. The number of nitrogen functional groups attached to an aromatic ring is 1. The number of pyridine rings is 1. The molecule has 0 aliphatic rings. The summed E-state index contributed by atoms with van der Waals surface area (Å²) in [5, 5.41) is 5.39. The molecule has 0 atom stereocenters. The van der Waals surface area contributed by atoms with Crippen molar-refractivity contribution in [1.29, 1.82) is 0 Å². The van der Waals surface area contributed by atoms with E-state index in [1.54, 1.807) is 6.20 Å². The molecule has 2 rings (SSSR count). The van der Waals surface area contributed by atoms with E-state index >= 15 is 0 Å². The molecule has 1 heterocycles. The zero-order chi connectivity index (χ0) is 11.7. The fraction of sp³-hybridized carbons (Fsp3) is 0.250. The van der Waals surface area contributed by atoms with E-state index in [1.165, 1.54) is 5.56 Å². The Morgan fingerprint density at radius 1 is 1.38 bits per heavy atom. The summed E-state index contributed by atoms with van der Waals surface area (Å²) < 4.78 is 0.936. The molecular weight excluding hydrogens is 266 g/mol. The molecule has 0 unspecified atom stereocenters. The van der Waals surface area contributed by atoms with E-state index in [0.29, 0.717) is 0 Å². The van der Waals surface area contributed by atoms with Crippen LogP contribution in [-0.2, 0) is 0 Å². The minimum Gasteiger partial charge on any atom is -0.398 e. The number of nitrogens with zero attached hydrogens (tertiary/aromatic N) is 1. The number of nitrogens with one attached hydrogen (secondary N) is 1. The summed E-state index contributed by atoms with van der Waals surface area (Å²) in [5.74, 6) is 0.894. The number of aryl methyl sites for hydroxylation is 1. The number of nitrogens with two attached hydrogens (primary N) is 1. The second kappa shape index (κ2) is 4.29. The zero-order valence-electron chi connectivity index (χ0n) is 9.34. The van der Waals surface area contributed by atoms with Crippen LogP contribution in [-0.4, -0.2) is 11.5 Å². The third-order valence-electron chi connectivity index (χ3n) is 2.57. The normalized spacial score (nSPS) is 10.7. The highest BCUT2D eigenvalue weighted by Crippen LogP contribution is 2.34. The maximum atomic E-state index is 6.01. The molecule has 1 aromatic heterocycles. The van der Waals surface area contributed by atoms with Gasteiger partial charge in [0, 0.05) is 33.7 Å². The standard InChI is InChI=1S/C12H14BrN3/c1-3-15-12-10-7(2)4-5-9(14)11(10)8(13)6-16-12/h4-6H,3,14H2,1-2H3,(H,15,16). The summed E-state index contributed by atoms with van der Waals surface area (Å²) in [7, 11) is 0. The van der Waals surface area contributed by atoms with Crippen LogP contribution in [0.25, 0.3) is 10.8 Å². The molecule has 0 bridgehead atoms. The van der Waals surface area contributed by atoms with Gasteiger partial charge in [-0.05, 0) is 41.4 Å². The first-order valence-electron chi connectivity index (χ1n) is 5.22.